The number of aromatic nitrogens is 3. The molecule has 2 aromatic carbocycles. The monoisotopic (exact) mass is 305 g/mol. The molecule has 114 valence electrons. The molecule has 4 rings (SSSR count). The van der Waals surface area contributed by atoms with Crippen LogP contribution in [0.2, 0.25) is 0 Å². The van der Waals surface area contributed by atoms with Crippen LogP contribution in [0.3, 0.4) is 0 Å². The number of carboxylic acid groups (broad SMARTS) is 1. The molecule has 1 N–H and O–H groups in total. The molecule has 0 saturated carbocycles. The van der Waals surface area contributed by atoms with Gasteiger partial charge in [0.05, 0.1) is 16.6 Å². The molecule has 0 saturated heterocycles. The Bertz CT molecular complexity index is 1040. The van der Waals surface area contributed by atoms with Gasteiger partial charge in [-0.2, -0.15) is 0 Å². The Morgan fingerprint density at radius 2 is 1.70 bits per heavy atom. The molecule has 23 heavy (non-hydrogen) atoms. The zero-order chi connectivity index (χ0) is 15.8. The van der Waals surface area contributed by atoms with Gasteiger partial charge in [-0.15, -0.1) is 0 Å². The van der Waals surface area contributed by atoms with E-state index < -0.39 is 5.97 Å². The van der Waals surface area contributed by atoms with E-state index in [4.69, 9.17) is 15.1 Å². The number of nitrogens with zero attached hydrogens (tertiary/aromatic N) is 3. The number of aryl methyl sites for hydroxylation is 1. The minimum atomic E-state index is -0.776. The topological polar surface area (TPSA) is 68.0 Å². The van der Waals surface area contributed by atoms with E-state index in [1.54, 1.807) is 0 Å². The summed E-state index contributed by atoms with van der Waals surface area (Å²) in [5, 5.41) is 9.92. The highest BCUT2D eigenvalue weighted by atomic mass is 16.4. The molecule has 0 fully saturated rings. The second-order valence-electron chi connectivity index (χ2n) is 5.55. The first kappa shape index (κ1) is 13.7. The maximum Gasteiger partial charge on any atom is 0.303 e. The number of aliphatic carboxylic acids is 1. The molecule has 0 bridgehead atoms. The summed E-state index contributed by atoms with van der Waals surface area (Å²) >= 11 is 0. The van der Waals surface area contributed by atoms with Crippen molar-refractivity contribution in [3.8, 4) is 0 Å². The lowest BCUT2D eigenvalue weighted by atomic mass is 10.2. The van der Waals surface area contributed by atoms with Crippen molar-refractivity contribution in [2.24, 2.45) is 0 Å². The molecule has 5 nitrogen and oxygen atoms in total. The highest BCUT2D eigenvalue weighted by Crippen LogP contribution is 2.28. The first-order valence-electron chi connectivity index (χ1n) is 7.59. The van der Waals surface area contributed by atoms with Crippen LogP contribution in [0.1, 0.15) is 12.8 Å². The smallest absolute Gasteiger partial charge is 0.303 e. The number of hydrogen-bond donors (Lipinski definition) is 1. The standard InChI is InChI=1S/C18H15N3O2/c22-16(23)10-5-11-21-15-9-4-1-6-12(15)17-18(21)20-14-8-3-2-7-13(14)19-17/h1-4,6-9H,5,10-11H2,(H,22,23). The molecule has 2 heterocycles. The van der Waals surface area contributed by atoms with Crippen molar-refractivity contribution in [3.05, 3.63) is 48.5 Å². The Morgan fingerprint density at radius 1 is 1.00 bits per heavy atom. The summed E-state index contributed by atoms with van der Waals surface area (Å²) in [7, 11) is 0. The van der Waals surface area contributed by atoms with Crippen LogP contribution < -0.4 is 0 Å². The molecule has 4 aromatic rings. The number of benzene rings is 2. The van der Waals surface area contributed by atoms with Crippen LogP contribution in [0.4, 0.5) is 0 Å². The van der Waals surface area contributed by atoms with Crippen molar-refractivity contribution in [1.29, 1.82) is 0 Å². The van der Waals surface area contributed by atoms with E-state index in [1.807, 2.05) is 48.5 Å². The van der Waals surface area contributed by atoms with Crippen molar-refractivity contribution >= 4 is 39.1 Å². The maximum absolute atomic E-state index is 10.8. The summed E-state index contributed by atoms with van der Waals surface area (Å²) in [5.74, 6) is -0.776. The van der Waals surface area contributed by atoms with Crippen molar-refractivity contribution in [2.75, 3.05) is 0 Å². The largest absolute Gasteiger partial charge is 0.481 e. The normalized spacial score (nSPS) is 11.5. The number of carbonyl (C=O) groups is 1. The Kier molecular flexibility index (Phi) is 3.19. The molecule has 0 amide bonds. The number of carboxylic acids is 1. The zero-order valence-electron chi connectivity index (χ0n) is 12.4. The first-order valence-corrected chi connectivity index (χ1v) is 7.59. The summed E-state index contributed by atoms with van der Waals surface area (Å²) < 4.78 is 2.08. The fourth-order valence-corrected chi connectivity index (χ4v) is 3.00. The van der Waals surface area contributed by atoms with Gasteiger partial charge in [-0.05, 0) is 24.6 Å². The van der Waals surface area contributed by atoms with Gasteiger partial charge in [-0.25, -0.2) is 9.97 Å². The summed E-state index contributed by atoms with van der Waals surface area (Å²) in [6.07, 6.45) is 0.715. The summed E-state index contributed by atoms with van der Waals surface area (Å²) in [6, 6.07) is 15.8. The van der Waals surface area contributed by atoms with Gasteiger partial charge in [0.25, 0.3) is 0 Å². The van der Waals surface area contributed by atoms with Gasteiger partial charge >= 0.3 is 5.97 Å². The third-order valence-electron chi connectivity index (χ3n) is 4.03. The Labute approximate surface area is 132 Å². The number of hydrogen-bond acceptors (Lipinski definition) is 3. The van der Waals surface area contributed by atoms with E-state index in [0.29, 0.717) is 13.0 Å². The van der Waals surface area contributed by atoms with Crippen LogP contribution in [-0.4, -0.2) is 25.6 Å². The predicted octanol–water partition coefficient (Wildman–Crippen LogP) is 3.60. The lowest BCUT2D eigenvalue weighted by Crippen LogP contribution is -2.03. The van der Waals surface area contributed by atoms with E-state index in [1.165, 1.54) is 0 Å². The molecule has 0 aliphatic rings. The number of para-hydroxylation sites is 3. The molecule has 0 atom stereocenters. The van der Waals surface area contributed by atoms with Gasteiger partial charge in [0.15, 0.2) is 5.65 Å². The Hall–Kier alpha value is -2.95. The second kappa shape index (κ2) is 5.35. The first-order chi connectivity index (χ1) is 11.2. The van der Waals surface area contributed by atoms with Crippen LogP contribution in [0.25, 0.3) is 33.1 Å². The van der Waals surface area contributed by atoms with Crippen LogP contribution >= 0.6 is 0 Å². The molecule has 2 aromatic heterocycles. The molecule has 0 radical (unpaired) electrons. The van der Waals surface area contributed by atoms with Crippen molar-refractivity contribution in [2.45, 2.75) is 19.4 Å². The van der Waals surface area contributed by atoms with Gasteiger partial charge in [0.1, 0.15) is 5.52 Å². The van der Waals surface area contributed by atoms with Crippen molar-refractivity contribution in [3.63, 3.8) is 0 Å². The minimum Gasteiger partial charge on any atom is -0.481 e. The Balaban J connectivity index is 1.96. The number of rotatable bonds is 4. The lowest BCUT2D eigenvalue weighted by molar-refractivity contribution is -0.137. The summed E-state index contributed by atoms with van der Waals surface area (Å²) in [5.41, 5.74) is 4.45. The average molecular weight is 305 g/mol. The van der Waals surface area contributed by atoms with Crippen LogP contribution in [0, 0.1) is 0 Å². The third kappa shape index (κ3) is 2.30. The summed E-state index contributed by atoms with van der Waals surface area (Å²) in [4.78, 5) is 20.3. The molecule has 0 unspecified atom stereocenters. The van der Waals surface area contributed by atoms with E-state index in [-0.39, 0.29) is 6.42 Å². The zero-order valence-corrected chi connectivity index (χ0v) is 12.4. The number of fused-ring (bicyclic) bond motifs is 4. The lowest BCUT2D eigenvalue weighted by Gasteiger charge is -2.05. The van der Waals surface area contributed by atoms with Crippen molar-refractivity contribution in [1.82, 2.24) is 14.5 Å². The summed E-state index contributed by atoms with van der Waals surface area (Å²) in [6.45, 7) is 0.614. The Morgan fingerprint density at radius 3 is 2.48 bits per heavy atom. The van der Waals surface area contributed by atoms with E-state index in [0.717, 1.165) is 33.1 Å². The van der Waals surface area contributed by atoms with Crippen LogP contribution in [0.5, 0.6) is 0 Å². The quantitative estimate of drug-likeness (QED) is 0.625. The molecule has 0 spiro atoms. The maximum atomic E-state index is 10.8. The molecular weight excluding hydrogens is 290 g/mol. The van der Waals surface area contributed by atoms with Gasteiger partial charge in [-0.3, -0.25) is 4.79 Å². The van der Waals surface area contributed by atoms with E-state index in [2.05, 4.69) is 4.57 Å². The molecule has 0 aliphatic heterocycles. The van der Waals surface area contributed by atoms with Crippen LogP contribution in [0.15, 0.2) is 48.5 Å². The van der Waals surface area contributed by atoms with Gasteiger partial charge in [0.2, 0.25) is 0 Å². The highest BCUT2D eigenvalue weighted by Gasteiger charge is 2.14. The second-order valence-corrected chi connectivity index (χ2v) is 5.55. The molecule has 5 heteroatoms. The van der Waals surface area contributed by atoms with Gasteiger partial charge in [0, 0.05) is 18.4 Å². The fraction of sp³-hybridized carbons (Fsp3) is 0.167. The van der Waals surface area contributed by atoms with Gasteiger partial charge < -0.3 is 9.67 Å². The third-order valence-corrected chi connectivity index (χ3v) is 4.03. The predicted molar refractivity (Wildman–Crippen MR) is 89.4 cm³/mol. The van der Waals surface area contributed by atoms with Gasteiger partial charge in [-0.1, -0.05) is 30.3 Å². The van der Waals surface area contributed by atoms with E-state index >= 15 is 0 Å². The highest BCUT2D eigenvalue weighted by molar-refractivity contribution is 6.06. The van der Waals surface area contributed by atoms with Crippen LogP contribution in [-0.2, 0) is 11.3 Å². The molecular formula is C18H15N3O2. The van der Waals surface area contributed by atoms with Crippen molar-refractivity contribution < 1.29 is 9.90 Å². The SMILES string of the molecule is O=C(O)CCCn1c2ccccc2c2nc3ccccc3nc21. The average Bonchev–Trinajstić information content (AvgIpc) is 2.86. The molecule has 0 aliphatic carbocycles. The minimum absolute atomic E-state index is 0.148. The van der Waals surface area contributed by atoms with E-state index in [9.17, 15) is 4.79 Å². The fourth-order valence-electron chi connectivity index (χ4n) is 3.00.